The number of carbonyl (C=O) groups is 2. The quantitative estimate of drug-likeness (QED) is 0.0361. The second kappa shape index (κ2) is 28.2. The second-order valence-electron chi connectivity index (χ2n) is 13.8. The molecule has 2 heterocycles. The van der Waals surface area contributed by atoms with Gasteiger partial charge in [-0.15, -0.1) is 0 Å². The van der Waals surface area contributed by atoms with E-state index in [1.807, 2.05) is 0 Å². The first-order chi connectivity index (χ1) is 26.0. The number of ether oxygens (including phenoxy) is 6. The zero-order valence-electron chi connectivity index (χ0n) is 31.9. The minimum absolute atomic E-state index is 0.145. The number of aliphatic hydroxyl groups excluding tert-OH is 7. The molecule has 0 amide bonds. The molecule has 2 aliphatic heterocycles. The first-order valence-electron chi connectivity index (χ1n) is 19.5. The van der Waals surface area contributed by atoms with Crippen LogP contribution >= 0.6 is 0 Å². The summed E-state index contributed by atoms with van der Waals surface area (Å²) < 4.78 is 32.4. The fraction of sp³-hybridized carbons (Fsp3) is 0.795. The highest BCUT2D eigenvalue weighted by Crippen LogP contribution is 2.26. The third kappa shape index (κ3) is 18.6. The summed E-state index contributed by atoms with van der Waals surface area (Å²) in [6, 6.07) is 0. The number of aliphatic hydroxyl groups is 7. The van der Waals surface area contributed by atoms with Gasteiger partial charge in [-0.2, -0.15) is 0 Å². The molecule has 0 aliphatic carbocycles. The van der Waals surface area contributed by atoms with Crippen LogP contribution in [0.2, 0.25) is 0 Å². The molecule has 2 rings (SSSR count). The lowest BCUT2D eigenvalue weighted by molar-refractivity contribution is -0.332. The Bertz CT molecular complexity index is 1100. The molecule has 15 nitrogen and oxygen atoms in total. The molecule has 2 aliphatic rings. The van der Waals surface area contributed by atoms with E-state index in [4.69, 9.17) is 28.4 Å². The standard InChI is InChI=1S/C39H66O15/c1-3-4-5-6-7-8-9-10-11-12-13-14-15-16-17-18-19-20-21-22-31(42)52-28(24-49-27(2)41)25-50-38-37(48)35(46)33(44)30(54-38)26-51-39-36(47)34(45)32(43)29(23-40)53-39/h7-8,10-11,13-14,28-30,32-40,43-48H,3-6,9,12,15-26H2,1-2H3/b8-7-,11-10-,14-13-. The number of allylic oxidation sites excluding steroid dienone is 6. The molecule has 2 saturated heterocycles. The molecule has 11 unspecified atom stereocenters. The Morgan fingerprint density at radius 2 is 1.15 bits per heavy atom. The third-order valence-electron chi connectivity index (χ3n) is 9.18. The van der Waals surface area contributed by atoms with E-state index in [9.17, 15) is 45.3 Å². The van der Waals surface area contributed by atoms with Crippen molar-refractivity contribution < 1.29 is 73.8 Å². The lowest BCUT2D eigenvalue weighted by atomic mass is 9.98. The van der Waals surface area contributed by atoms with E-state index in [-0.39, 0.29) is 13.0 Å². The molecular formula is C39H66O15. The van der Waals surface area contributed by atoms with E-state index in [0.717, 1.165) is 51.4 Å². The highest BCUT2D eigenvalue weighted by atomic mass is 16.7. The van der Waals surface area contributed by atoms with Gasteiger partial charge in [-0.3, -0.25) is 9.59 Å². The van der Waals surface area contributed by atoms with E-state index in [2.05, 4.69) is 43.4 Å². The molecule has 0 bridgehead atoms. The number of rotatable bonds is 27. The van der Waals surface area contributed by atoms with Crippen molar-refractivity contribution in [3.8, 4) is 0 Å². The van der Waals surface area contributed by atoms with Crippen LogP contribution in [-0.4, -0.2) is 142 Å². The maximum atomic E-state index is 12.6. The second-order valence-corrected chi connectivity index (χ2v) is 13.8. The average Bonchev–Trinajstić information content (AvgIpc) is 3.15. The lowest BCUT2D eigenvalue weighted by Crippen LogP contribution is -2.61. The van der Waals surface area contributed by atoms with Gasteiger partial charge in [0.25, 0.3) is 0 Å². The van der Waals surface area contributed by atoms with Crippen LogP contribution in [0.1, 0.15) is 104 Å². The van der Waals surface area contributed by atoms with Crippen LogP contribution in [0.5, 0.6) is 0 Å². The van der Waals surface area contributed by atoms with Crippen molar-refractivity contribution in [2.75, 3.05) is 26.4 Å². The highest BCUT2D eigenvalue weighted by molar-refractivity contribution is 5.69. The number of esters is 2. The number of carbonyl (C=O) groups excluding carboxylic acids is 2. The van der Waals surface area contributed by atoms with E-state index >= 15 is 0 Å². The van der Waals surface area contributed by atoms with Gasteiger partial charge in [-0.05, 0) is 44.9 Å². The zero-order valence-corrected chi connectivity index (χ0v) is 31.9. The van der Waals surface area contributed by atoms with E-state index < -0.39 is 99.3 Å². The summed E-state index contributed by atoms with van der Waals surface area (Å²) in [5, 5.41) is 70.9. The molecule has 0 saturated carbocycles. The molecule has 0 aromatic carbocycles. The minimum atomic E-state index is -1.76. The maximum absolute atomic E-state index is 12.6. The largest absolute Gasteiger partial charge is 0.462 e. The third-order valence-corrected chi connectivity index (χ3v) is 9.18. The fourth-order valence-corrected chi connectivity index (χ4v) is 5.89. The first kappa shape index (κ1) is 47.9. The SMILES string of the molecule is CCCCC/C=C\C/C=C\C/C=C\CCCCCCCCC(=O)OC(COC(C)=O)COC1OC(COC2OC(CO)C(O)C(O)C2O)C(O)C(O)C1O. The molecule has 2 fully saturated rings. The first-order valence-corrected chi connectivity index (χ1v) is 19.5. The van der Waals surface area contributed by atoms with Gasteiger partial charge < -0.3 is 64.2 Å². The molecular weight excluding hydrogens is 708 g/mol. The molecule has 0 radical (unpaired) electrons. The number of hydrogen-bond acceptors (Lipinski definition) is 15. The highest BCUT2D eigenvalue weighted by Gasteiger charge is 2.47. The molecule has 312 valence electrons. The van der Waals surface area contributed by atoms with Crippen LogP contribution in [0.3, 0.4) is 0 Å². The molecule has 0 aromatic rings. The Kier molecular flexibility index (Phi) is 25.0. The Morgan fingerprint density at radius 3 is 1.74 bits per heavy atom. The monoisotopic (exact) mass is 774 g/mol. The topological polar surface area (TPSA) is 231 Å². The number of hydrogen-bond donors (Lipinski definition) is 7. The van der Waals surface area contributed by atoms with E-state index in [0.29, 0.717) is 6.42 Å². The van der Waals surface area contributed by atoms with Gasteiger partial charge in [0.15, 0.2) is 18.7 Å². The van der Waals surface area contributed by atoms with Crippen molar-refractivity contribution in [2.24, 2.45) is 0 Å². The Labute approximate surface area is 319 Å². The molecule has 7 N–H and O–H groups in total. The van der Waals surface area contributed by atoms with Crippen molar-refractivity contribution in [3.05, 3.63) is 36.5 Å². The van der Waals surface area contributed by atoms with Crippen LogP contribution in [0.25, 0.3) is 0 Å². The predicted octanol–water partition coefficient (Wildman–Crippen LogP) is 2.25. The molecule has 0 spiro atoms. The van der Waals surface area contributed by atoms with Gasteiger partial charge >= 0.3 is 11.9 Å². The zero-order chi connectivity index (χ0) is 39.7. The van der Waals surface area contributed by atoms with Gasteiger partial charge in [-0.1, -0.05) is 81.9 Å². The van der Waals surface area contributed by atoms with Crippen molar-refractivity contribution in [1.29, 1.82) is 0 Å². The van der Waals surface area contributed by atoms with Crippen molar-refractivity contribution >= 4 is 11.9 Å². The van der Waals surface area contributed by atoms with Crippen molar-refractivity contribution in [2.45, 2.75) is 171 Å². The predicted molar refractivity (Wildman–Crippen MR) is 197 cm³/mol. The Morgan fingerprint density at radius 1 is 0.630 bits per heavy atom. The van der Waals surface area contributed by atoms with Crippen LogP contribution in [0.4, 0.5) is 0 Å². The molecule has 0 aromatic heterocycles. The summed E-state index contributed by atoms with van der Waals surface area (Å²) in [5.74, 6) is -1.14. The van der Waals surface area contributed by atoms with Gasteiger partial charge in [0, 0.05) is 13.3 Å². The van der Waals surface area contributed by atoms with Gasteiger partial charge in [-0.25, -0.2) is 0 Å². The summed E-state index contributed by atoms with van der Waals surface area (Å²) in [4.78, 5) is 24.1. The molecule has 11 atom stereocenters. The smallest absolute Gasteiger partial charge is 0.306 e. The summed E-state index contributed by atoms with van der Waals surface area (Å²) in [7, 11) is 0. The lowest BCUT2D eigenvalue weighted by Gasteiger charge is -2.42. The summed E-state index contributed by atoms with van der Waals surface area (Å²) in [6.07, 6.45) is 10.3. The number of unbranched alkanes of at least 4 members (excludes halogenated alkanes) is 9. The van der Waals surface area contributed by atoms with E-state index in [1.54, 1.807) is 0 Å². The van der Waals surface area contributed by atoms with Crippen molar-refractivity contribution in [1.82, 2.24) is 0 Å². The average molecular weight is 775 g/mol. The van der Waals surface area contributed by atoms with Crippen LogP contribution < -0.4 is 0 Å². The minimum Gasteiger partial charge on any atom is -0.462 e. The Balaban J connectivity index is 1.68. The fourth-order valence-electron chi connectivity index (χ4n) is 5.89. The van der Waals surface area contributed by atoms with Gasteiger partial charge in [0.1, 0.15) is 55.4 Å². The van der Waals surface area contributed by atoms with Gasteiger partial charge in [0.05, 0.1) is 19.8 Å². The summed E-state index contributed by atoms with van der Waals surface area (Å²) in [5.41, 5.74) is 0. The van der Waals surface area contributed by atoms with Crippen LogP contribution in [0, 0.1) is 0 Å². The van der Waals surface area contributed by atoms with E-state index in [1.165, 1.54) is 32.6 Å². The Hall–Kier alpha value is -2.28. The van der Waals surface area contributed by atoms with Gasteiger partial charge in [0.2, 0.25) is 0 Å². The molecule has 15 heteroatoms. The molecule has 54 heavy (non-hydrogen) atoms. The summed E-state index contributed by atoms with van der Waals surface area (Å²) in [6.45, 7) is 1.46. The summed E-state index contributed by atoms with van der Waals surface area (Å²) >= 11 is 0. The normalized spacial score (nSPS) is 29.6. The van der Waals surface area contributed by atoms with Crippen LogP contribution in [-0.2, 0) is 38.0 Å². The van der Waals surface area contributed by atoms with Crippen molar-refractivity contribution in [3.63, 3.8) is 0 Å². The van der Waals surface area contributed by atoms with Crippen LogP contribution in [0.15, 0.2) is 36.5 Å². The maximum Gasteiger partial charge on any atom is 0.306 e.